The normalized spacial score (nSPS) is 29.2. The standard InChI is InChI=1S/C13H18N4O/c18-12(17-7-9-2-3-10(17)6-9)11-8-16-5-1-4-14-13(16)15-11/h8-10H,1-7H2,(H,14,15). The number of carbonyl (C=O) groups is 1. The molecule has 2 atom stereocenters. The van der Waals surface area contributed by atoms with Crippen LogP contribution in [0.4, 0.5) is 5.95 Å². The Bertz CT molecular complexity index is 472. The second-order valence-corrected chi connectivity index (χ2v) is 5.71. The number of hydrogen-bond acceptors (Lipinski definition) is 3. The van der Waals surface area contributed by atoms with Gasteiger partial charge < -0.3 is 14.8 Å². The van der Waals surface area contributed by atoms with Crippen molar-refractivity contribution in [3.63, 3.8) is 0 Å². The number of hydrogen-bond donors (Lipinski definition) is 1. The first-order valence-corrected chi connectivity index (χ1v) is 6.93. The minimum absolute atomic E-state index is 0.130. The van der Waals surface area contributed by atoms with Gasteiger partial charge in [-0.25, -0.2) is 4.98 Å². The number of carbonyl (C=O) groups excluding carboxylic acids is 1. The van der Waals surface area contributed by atoms with Crippen LogP contribution in [-0.4, -0.2) is 39.5 Å². The predicted octanol–water partition coefficient (Wildman–Crippen LogP) is 1.32. The molecule has 2 unspecified atom stereocenters. The van der Waals surface area contributed by atoms with Crippen molar-refractivity contribution in [2.24, 2.45) is 5.92 Å². The Hall–Kier alpha value is -1.52. The molecule has 0 spiro atoms. The van der Waals surface area contributed by atoms with Crippen molar-refractivity contribution in [1.82, 2.24) is 14.5 Å². The van der Waals surface area contributed by atoms with E-state index in [2.05, 4.69) is 14.9 Å². The number of piperidine rings is 1. The number of aromatic nitrogens is 2. The topological polar surface area (TPSA) is 50.2 Å². The minimum atomic E-state index is 0.130. The summed E-state index contributed by atoms with van der Waals surface area (Å²) in [4.78, 5) is 19.0. The van der Waals surface area contributed by atoms with Crippen LogP contribution in [0.15, 0.2) is 6.20 Å². The average molecular weight is 246 g/mol. The maximum atomic E-state index is 12.5. The van der Waals surface area contributed by atoms with Crippen molar-refractivity contribution in [2.45, 2.75) is 38.3 Å². The summed E-state index contributed by atoms with van der Waals surface area (Å²) >= 11 is 0. The lowest BCUT2D eigenvalue weighted by molar-refractivity contribution is 0.0698. The fourth-order valence-corrected chi connectivity index (χ4v) is 3.60. The lowest BCUT2D eigenvalue weighted by atomic mass is 10.1. The van der Waals surface area contributed by atoms with E-state index in [1.165, 1.54) is 19.3 Å². The lowest BCUT2D eigenvalue weighted by Gasteiger charge is -2.26. The summed E-state index contributed by atoms with van der Waals surface area (Å²) in [6.07, 6.45) is 6.71. The van der Waals surface area contributed by atoms with Crippen LogP contribution in [0.3, 0.4) is 0 Å². The number of amides is 1. The first-order chi connectivity index (χ1) is 8.81. The van der Waals surface area contributed by atoms with E-state index in [9.17, 15) is 4.79 Å². The Labute approximate surface area is 106 Å². The first kappa shape index (κ1) is 10.4. The zero-order chi connectivity index (χ0) is 12.1. The van der Waals surface area contributed by atoms with E-state index in [1.807, 2.05) is 11.1 Å². The quantitative estimate of drug-likeness (QED) is 0.813. The summed E-state index contributed by atoms with van der Waals surface area (Å²) in [5.74, 6) is 1.73. The third-order valence-corrected chi connectivity index (χ3v) is 4.52. The SMILES string of the molecule is O=C(c1cn2c(n1)NCCC2)N1CC2CCC1C2. The van der Waals surface area contributed by atoms with Crippen LogP contribution in [0.25, 0.3) is 0 Å². The smallest absolute Gasteiger partial charge is 0.274 e. The molecule has 1 saturated carbocycles. The second kappa shape index (κ2) is 3.73. The third kappa shape index (κ3) is 1.46. The molecule has 1 saturated heterocycles. The molecule has 0 radical (unpaired) electrons. The second-order valence-electron chi connectivity index (χ2n) is 5.71. The molecule has 3 heterocycles. The fraction of sp³-hybridized carbons (Fsp3) is 0.692. The van der Waals surface area contributed by atoms with Gasteiger partial charge in [0.1, 0.15) is 5.69 Å². The number of rotatable bonds is 1. The molecule has 3 aliphatic rings. The summed E-state index contributed by atoms with van der Waals surface area (Å²) in [7, 11) is 0. The monoisotopic (exact) mass is 246 g/mol. The van der Waals surface area contributed by atoms with E-state index in [0.717, 1.165) is 37.9 Å². The Morgan fingerprint density at radius 3 is 3.11 bits per heavy atom. The van der Waals surface area contributed by atoms with E-state index in [4.69, 9.17) is 0 Å². The van der Waals surface area contributed by atoms with Crippen LogP contribution in [-0.2, 0) is 6.54 Å². The fourth-order valence-electron chi connectivity index (χ4n) is 3.60. The molecule has 1 N–H and O–H groups in total. The molecule has 18 heavy (non-hydrogen) atoms. The zero-order valence-corrected chi connectivity index (χ0v) is 10.4. The number of aryl methyl sites for hydroxylation is 1. The molecule has 1 aromatic heterocycles. The summed E-state index contributed by atoms with van der Waals surface area (Å²) < 4.78 is 2.06. The minimum Gasteiger partial charge on any atom is -0.356 e. The molecule has 5 heteroatoms. The van der Waals surface area contributed by atoms with Crippen molar-refractivity contribution in [3.8, 4) is 0 Å². The van der Waals surface area contributed by atoms with Gasteiger partial charge in [0.15, 0.2) is 0 Å². The summed E-state index contributed by atoms with van der Waals surface area (Å²) in [6.45, 7) is 2.87. The molecule has 2 aliphatic heterocycles. The van der Waals surface area contributed by atoms with Crippen LogP contribution >= 0.6 is 0 Å². The van der Waals surface area contributed by atoms with Crippen molar-refractivity contribution in [1.29, 1.82) is 0 Å². The highest BCUT2D eigenvalue weighted by molar-refractivity contribution is 5.93. The number of nitrogens with one attached hydrogen (secondary N) is 1. The van der Waals surface area contributed by atoms with Crippen LogP contribution in [0, 0.1) is 5.92 Å². The third-order valence-electron chi connectivity index (χ3n) is 4.52. The molecule has 5 nitrogen and oxygen atoms in total. The largest absolute Gasteiger partial charge is 0.356 e. The molecule has 0 aromatic carbocycles. The van der Waals surface area contributed by atoms with Gasteiger partial charge in [-0.3, -0.25) is 4.79 Å². The Balaban J connectivity index is 1.59. The molecule has 96 valence electrons. The molecule has 2 fully saturated rings. The number of nitrogens with zero attached hydrogens (tertiary/aromatic N) is 3. The van der Waals surface area contributed by atoms with Crippen molar-refractivity contribution in [3.05, 3.63) is 11.9 Å². The van der Waals surface area contributed by atoms with Gasteiger partial charge in [-0.2, -0.15) is 0 Å². The average Bonchev–Trinajstić information content (AvgIpc) is 3.11. The van der Waals surface area contributed by atoms with Gasteiger partial charge in [-0.15, -0.1) is 0 Å². The number of fused-ring (bicyclic) bond motifs is 3. The number of likely N-dealkylation sites (tertiary alicyclic amines) is 1. The first-order valence-electron chi connectivity index (χ1n) is 6.93. The maximum absolute atomic E-state index is 12.5. The van der Waals surface area contributed by atoms with Gasteiger partial charge in [0.25, 0.3) is 5.91 Å². The van der Waals surface area contributed by atoms with Gasteiger partial charge in [-0.05, 0) is 31.6 Å². The van der Waals surface area contributed by atoms with Gasteiger partial charge in [0.05, 0.1) is 0 Å². The van der Waals surface area contributed by atoms with Gasteiger partial charge in [0, 0.05) is 31.9 Å². The van der Waals surface area contributed by atoms with Gasteiger partial charge in [0.2, 0.25) is 5.95 Å². The summed E-state index contributed by atoms with van der Waals surface area (Å²) in [5, 5.41) is 3.24. The lowest BCUT2D eigenvalue weighted by Crippen LogP contribution is -2.37. The molecular weight excluding hydrogens is 228 g/mol. The number of anilines is 1. The Kier molecular flexibility index (Phi) is 2.16. The highest BCUT2D eigenvalue weighted by Gasteiger charge is 2.41. The highest BCUT2D eigenvalue weighted by atomic mass is 16.2. The van der Waals surface area contributed by atoms with Crippen LogP contribution in [0.2, 0.25) is 0 Å². The van der Waals surface area contributed by atoms with Crippen molar-refractivity contribution < 1.29 is 4.79 Å². The van der Waals surface area contributed by atoms with E-state index in [0.29, 0.717) is 11.7 Å². The van der Waals surface area contributed by atoms with Crippen molar-refractivity contribution in [2.75, 3.05) is 18.4 Å². The Morgan fingerprint density at radius 2 is 2.39 bits per heavy atom. The Morgan fingerprint density at radius 1 is 1.44 bits per heavy atom. The van der Waals surface area contributed by atoms with Gasteiger partial charge in [-0.1, -0.05) is 0 Å². The predicted molar refractivity (Wildman–Crippen MR) is 67.5 cm³/mol. The molecular formula is C13H18N4O. The molecule has 1 aliphatic carbocycles. The van der Waals surface area contributed by atoms with Crippen molar-refractivity contribution >= 4 is 11.9 Å². The molecule has 4 rings (SSSR count). The molecule has 2 bridgehead atoms. The van der Waals surface area contributed by atoms with Crippen LogP contribution < -0.4 is 5.32 Å². The summed E-state index contributed by atoms with van der Waals surface area (Å²) in [5.41, 5.74) is 0.618. The maximum Gasteiger partial charge on any atom is 0.274 e. The van der Waals surface area contributed by atoms with E-state index < -0.39 is 0 Å². The van der Waals surface area contributed by atoms with Gasteiger partial charge >= 0.3 is 0 Å². The zero-order valence-electron chi connectivity index (χ0n) is 10.4. The number of imidazole rings is 1. The van der Waals surface area contributed by atoms with Crippen LogP contribution in [0.1, 0.15) is 36.2 Å². The summed E-state index contributed by atoms with van der Waals surface area (Å²) in [6, 6.07) is 0.481. The van der Waals surface area contributed by atoms with E-state index >= 15 is 0 Å². The van der Waals surface area contributed by atoms with E-state index in [1.54, 1.807) is 0 Å². The van der Waals surface area contributed by atoms with E-state index in [-0.39, 0.29) is 5.91 Å². The van der Waals surface area contributed by atoms with Crippen LogP contribution in [0.5, 0.6) is 0 Å². The molecule has 1 amide bonds. The highest BCUT2D eigenvalue weighted by Crippen LogP contribution is 2.38. The molecule has 1 aromatic rings.